The van der Waals surface area contributed by atoms with Crippen LogP contribution in [0.4, 0.5) is 0 Å². The number of carboxylic acid groups (broad SMARTS) is 1. The fourth-order valence-corrected chi connectivity index (χ4v) is 2.52. The minimum Gasteiger partial charge on any atom is -0.477 e. The number of hydrogen-bond donors (Lipinski definition) is 1. The average Bonchev–Trinajstić information content (AvgIpc) is 2.97. The molecule has 2 aliphatic carbocycles. The first kappa shape index (κ1) is 9.87. The predicted octanol–water partition coefficient (Wildman–Crippen LogP) is 1.87. The molecule has 0 amide bonds. The summed E-state index contributed by atoms with van der Waals surface area (Å²) in [7, 11) is 0. The van der Waals surface area contributed by atoms with E-state index in [2.05, 4.69) is 5.10 Å². The summed E-state index contributed by atoms with van der Waals surface area (Å²) < 4.78 is 1.75. The van der Waals surface area contributed by atoms with E-state index in [0.717, 1.165) is 43.5 Å². The lowest BCUT2D eigenvalue weighted by Gasteiger charge is -2.09. The fraction of sp³-hybridized carbons (Fsp3) is 0.667. The minimum atomic E-state index is -0.809. The molecule has 0 aromatic carbocycles. The maximum absolute atomic E-state index is 11.3. The smallest absolute Gasteiger partial charge is 0.354 e. The van der Waals surface area contributed by atoms with Gasteiger partial charge in [0.25, 0.3) is 0 Å². The van der Waals surface area contributed by atoms with Crippen LogP contribution in [0.1, 0.15) is 47.4 Å². The average molecular weight is 220 g/mol. The highest BCUT2D eigenvalue weighted by molar-refractivity contribution is 5.87. The molecule has 2 aliphatic rings. The second-order valence-corrected chi connectivity index (χ2v) is 4.91. The number of nitrogens with zero attached hydrogens (tertiary/aromatic N) is 2. The van der Waals surface area contributed by atoms with Gasteiger partial charge in [-0.05, 0) is 44.4 Å². The van der Waals surface area contributed by atoms with Crippen molar-refractivity contribution in [2.75, 3.05) is 0 Å². The highest BCUT2D eigenvalue weighted by Gasteiger charge is 2.29. The quantitative estimate of drug-likeness (QED) is 0.846. The number of carboxylic acids is 1. The fourth-order valence-electron chi connectivity index (χ4n) is 2.52. The minimum absolute atomic E-state index is 0.460. The molecule has 3 rings (SSSR count). The van der Waals surface area contributed by atoms with Crippen molar-refractivity contribution in [3.05, 3.63) is 17.0 Å². The molecule has 0 unspecified atom stereocenters. The first-order valence-electron chi connectivity index (χ1n) is 6.07. The third kappa shape index (κ3) is 1.62. The van der Waals surface area contributed by atoms with Crippen LogP contribution in [0.5, 0.6) is 0 Å². The molecular weight excluding hydrogens is 204 g/mol. The summed E-state index contributed by atoms with van der Waals surface area (Å²) >= 11 is 0. The summed E-state index contributed by atoms with van der Waals surface area (Å²) in [6.45, 7) is 0.800. The molecule has 1 N–H and O–H groups in total. The van der Waals surface area contributed by atoms with Crippen LogP contribution in [-0.4, -0.2) is 20.9 Å². The van der Waals surface area contributed by atoms with Gasteiger partial charge in [0.15, 0.2) is 0 Å². The third-order valence-corrected chi connectivity index (χ3v) is 3.55. The zero-order valence-corrected chi connectivity index (χ0v) is 9.28. The summed E-state index contributed by atoms with van der Waals surface area (Å²) in [5, 5.41) is 13.8. The summed E-state index contributed by atoms with van der Waals surface area (Å²) in [6, 6.07) is 0. The van der Waals surface area contributed by atoms with Crippen LogP contribution < -0.4 is 0 Å². The number of aromatic carboxylic acids is 1. The number of aromatic nitrogens is 2. The van der Waals surface area contributed by atoms with Crippen LogP contribution in [0.15, 0.2) is 0 Å². The van der Waals surface area contributed by atoms with Crippen molar-refractivity contribution >= 4 is 5.97 Å². The molecule has 0 radical (unpaired) electrons. The summed E-state index contributed by atoms with van der Waals surface area (Å²) in [5.74, 6) is -0.143. The van der Waals surface area contributed by atoms with E-state index < -0.39 is 5.97 Å². The highest BCUT2D eigenvalue weighted by Crippen LogP contribution is 2.32. The summed E-state index contributed by atoms with van der Waals surface area (Å²) in [5.41, 5.74) is 2.49. The van der Waals surface area contributed by atoms with Gasteiger partial charge >= 0.3 is 5.97 Å². The largest absolute Gasteiger partial charge is 0.477 e. The Bertz CT molecular complexity index is 432. The Labute approximate surface area is 94.3 Å². The molecule has 4 nitrogen and oxygen atoms in total. The summed E-state index contributed by atoms with van der Waals surface area (Å²) in [4.78, 5) is 11.3. The van der Waals surface area contributed by atoms with E-state index in [1.165, 1.54) is 12.8 Å². The van der Waals surface area contributed by atoms with E-state index in [-0.39, 0.29) is 0 Å². The van der Waals surface area contributed by atoms with Gasteiger partial charge in [-0.1, -0.05) is 0 Å². The number of aryl methyl sites for hydroxylation is 1. The van der Waals surface area contributed by atoms with Crippen LogP contribution in [0, 0.1) is 5.92 Å². The molecule has 1 aromatic rings. The van der Waals surface area contributed by atoms with Gasteiger partial charge in [-0.3, -0.25) is 4.68 Å². The lowest BCUT2D eigenvalue weighted by molar-refractivity contribution is 0.0681. The Morgan fingerprint density at radius 1 is 1.38 bits per heavy atom. The van der Waals surface area contributed by atoms with Gasteiger partial charge in [0.05, 0.1) is 5.69 Å². The Morgan fingerprint density at radius 3 is 2.81 bits per heavy atom. The Hall–Kier alpha value is -1.32. The van der Waals surface area contributed by atoms with Gasteiger partial charge in [-0.2, -0.15) is 5.10 Å². The number of fused-ring (bicyclic) bond motifs is 1. The molecule has 0 spiro atoms. The molecule has 0 bridgehead atoms. The summed E-state index contributed by atoms with van der Waals surface area (Å²) in [6.07, 6.45) is 6.54. The van der Waals surface area contributed by atoms with Crippen molar-refractivity contribution < 1.29 is 9.90 Å². The number of rotatable bonds is 3. The molecule has 1 saturated carbocycles. The van der Waals surface area contributed by atoms with Crippen molar-refractivity contribution in [2.45, 2.75) is 45.1 Å². The van der Waals surface area contributed by atoms with Crippen LogP contribution >= 0.6 is 0 Å². The van der Waals surface area contributed by atoms with E-state index in [4.69, 9.17) is 0 Å². The maximum atomic E-state index is 11.3. The van der Waals surface area contributed by atoms with E-state index in [1.807, 2.05) is 0 Å². The molecule has 16 heavy (non-hydrogen) atoms. The van der Waals surface area contributed by atoms with E-state index in [0.29, 0.717) is 11.6 Å². The lowest BCUT2D eigenvalue weighted by atomic mass is 9.96. The SMILES string of the molecule is O=C(O)c1c2c(nn1CC1CC1)CCCC2. The molecular formula is C12H16N2O2. The molecule has 4 heteroatoms. The highest BCUT2D eigenvalue weighted by atomic mass is 16.4. The van der Waals surface area contributed by atoms with E-state index in [1.54, 1.807) is 4.68 Å². The third-order valence-electron chi connectivity index (χ3n) is 3.55. The first-order chi connectivity index (χ1) is 7.75. The second kappa shape index (κ2) is 3.61. The number of hydrogen-bond acceptors (Lipinski definition) is 2. The molecule has 0 atom stereocenters. The van der Waals surface area contributed by atoms with E-state index in [9.17, 15) is 9.90 Å². The molecule has 0 aliphatic heterocycles. The van der Waals surface area contributed by atoms with Gasteiger partial charge in [0.1, 0.15) is 5.69 Å². The maximum Gasteiger partial charge on any atom is 0.354 e. The number of carbonyl (C=O) groups is 1. The Balaban J connectivity index is 2.00. The van der Waals surface area contributed by atoms with Crippen LogP contribution in [0.25, 0.3) is 0 Å². The molecule has 1 aromatic heterocycles. The van der Waals surface area contributed by atoms with Gasteiger partial charge in [-0.25, -0.2) is 4.79 Å². The van der Waals surface area contributed by atoms with Crippen LogP contribution in [0.3, 0.4) is 0 Å². The van der Waals surface area contributed by atoms with Crippen LogP contribution in [0.2, 0.25) is 0 Å². The van der Waals surface area contributed by atoms with Crippen molar-refractivity contribution in [2.24, 2.45) is 5.92 Å². The van der Waals surface area contributed by atoms with Gasteiger partial charge in [0, 0.05) is 12.1 Å². The van der Waals surface area contributed by atoms with Crippen LogP contribution in [-0.2, 0) is 19.4 Å². The van der Waals surface area contributed by atoms with Gasteiger partial charge < -0.3 is 5.11 Å². The molecule has 1 fully saturated rings. The van der Waals surface area contributed by atoms with Crippen molar-refractivity contribution in [1.29, 1.82) is 0 Å². The normalized spacial score (nSPS) is 19.5. The topological polar surface area (TPSA) is 55.1 Å². The van der Waals surface area contributed by atoms with Crippen molar-refractivity contribution in [3.63, 3.8) is 0 Å². The monoisotopic (exact) mass is 220 g/mol. The molecule has 0 saturated heterocycles. The van der Waals surface area contributed by atoms with Crippen molar-refractivity contribution in [3.8, 4) is 0 Å². The Kier molecular flexibility index (Phi) is 2.23. The van der Waals surface area contributed by atoms with Gasteiger partial charge in [-0.15, -0.1) is 0 Å². The molecule has 86 valence electrons. The zero-order chi connectivity index (χ0) is 11.1. The molecule has 1 heterocycles. The standard InChI is InChI=1S/C12H16N2O2/c15-12(16)11-9-3-1-2-4-10(9)13-14(11)7-8-5-6-8/h8H,1-7H2,(H,15,16). The van der Waals surface area contributed by atoms with Crippen molar-refractivity contribution in [1.82, 2.24) is 9.78 Å². The predicted molar refractivity (Wildman–Crippen MR) is 58.6 cm³/mol. The second-order valence-electron chi connectivity index (χ2n) is 4.91. The van der Waals surface area contributed by atoms with E-state index >= 15 is 0 Å². The Morgan fingerprint density at radius 2 is 2.12 bits per heavy atom. The zero-order valence-electron chi connectivity index (χ0n) is 9.28. The first-order valence-corrected chi connectivity index (χ1v) is 6.07. The lowest BCUT2D eigenvalue weighted by Crippen LogP contribution is -2.13. The van der Waals surface area contributed by atoms with Gasteiger partial charge in [0.2, 0.25) is 0 Å².